The van der Waals surface area contributed by atoms with Gasteiger partial charge in [-0.15, -0.1) is 0 Å². The van der Waals surface area contributed by atoms with Gasteiger partial charge >= 0.3 is 0 Å². The molecule has 1 unspecified atom stereocenters. The summed E-state index contributed by atoms with van der Waals surface area (Å²) in [5.41, 5.74) is 6.12. The van der Waals surface area contributed by atoms with Crippen molar-refractivity contribution >= 4 is 11.8 Å². The molecule has 1 aliphatic rings. The Balaban J connectivity index is 2.58. The van der Waals surface area contributed by atoms with Crippen LogP contribution in [0, 0.1) is 0 Å². The van der Waals surface area contributed by atoms with Gasteiger partial charge in [0.25, 0.3) is 11.8 Å². The summed E-state index contributed by atoms with van der Waals surface area (Å²) in [5, 5.41) is 2.17. The lowest BCUT2D eigenvalue weighted by Crippen LogP contribution is -2.25. The molecule has 66 valence electrons. The number of nitrogens with one attached hydrogen (secondary N) is 1. The fourth-order valence-electron chi connectivity index (χ4n) is 1.03. The first-order chi connectivity index (χ1) is 5.63. The Morgan fingerprint density at radius 3 is 2.67 bits per heavy atom. The van der Waals surface area contributed by atoms with Crippen LogP contribution in [0.2, 0.25) is 0 Å². The van der Waals surface area contributed by atoms with Gasteiger partial charge in [-0.2, -0.15) is 0 Å². The van der Waals surface area contributed by atoms with Crippen LogP contribution < -0.4 is 11.1 Å². The SMILES string of the molecule is CCC(N)CC1=CC(=O)NC1=O. The molecule has 1 heterocycles. The molecule has 0 fully saturated rings. The highest BCUT2D eigenvalue weighted by molar-refractivity contribution is 6.16. The monoisotopic (exact) mass is 168 g/mol. The summed E-state index contributed by atoms with van der Waals surface area (Å²) in [5.74, 6) is -0.637. The van der Waals surface area contributed by atoms with E-state index in [1.807, 2.05) is 6.92 Å². The molecule has 0 aromatic carbocycles. The molecular weight excluding hydrogens is 156 g/mol. The van der Waals surface area contributed by atoms with Gasteiger partial charge in [0, 0.05) is 17.7 Å². The predicted octanol–water partition coefficient (Wildman–Crippen LogP) is -0.303. The average molecular weight is 168 g/mol. The summed E-state index contributed by atoms with van der Waals surface area (Å²) < 4.78 is 0. The van der Waals surface area contributed by atoms with Crippen molar-refractivity contribution in [2.24, 2.45) is 5.73 Å². The third-order valence-electron chi connectivity index (χ3n) is 1.84. The number of carbonyl (C=O) groups is 2. The Kier molecular flexibility index (Phi) is 2.60. The van der Waals surface area contributed by atoms with Gasteiger partial charge < -0.3 is 5.73 Å². The van der Waals surface area contributed by atoms with Crippen LogP contribution in [0.3, 0.4) is 0 Å². The lowest BCUT2D eigenvalue weighted by Gasteiger charge is -2.06. The molecule has 0 aliphatic carbocycles. The molecule has 1 rings (SSSR count). The van der Waals surface area contributed by atoms with Gasteiger partial charge in [0.1, 0.15) is 0 Å². The molecule has 0 saturated carbocycles. The number of amides is 2. The molecule has 0 spiro atoms. The standard InChI is InChI=1S/C8H12N2O2/c1-2-6(9)3-5-4-7(11)10-8(5)12/h4,6H,2-3,9H2,1H3,(H,10,11,12). The summed E-state index contributed by atoms with van der Waals surface area (Å²) in [6.07, 6.45) is 2.60. The normalized spacial score (nSPS) is 19.0. The maximum absolute atomic E-state index is 11.0. The number of carbonyl (C=O) groups excluding carboxylic acids is 2. The maximum atomic E-state index is 11.0. The van der Waals surface area contributed by atoms with E-state index in [1.165, 1.54) is 6.08 Å². The Hall–Kier alpha value is -1.16. The van der Waals surface area contributed by atoms with Gasteiger partial charge in [-0.25, -0.2) is 0 Å². The molecular formula is C8H12N2O2. The van der Waals surface area contributed by atoms with E-state index >= 15 is 0 Å². The number of hydrogen-bond donors (Lipinski definition) is 2. The van der Waals surface area contributed by atoms with E-state index in [1.54, 1.807) is 0 Å². The summed E-state index contributed by atoms with van der Waals surface area (Å²) in [6, 6.07) is -0.0344. The molecule has 1 atom stereocenters. The van der Waals surface area contributed by atoms with E-state index in [9.17, 15) is 9.59 Å². The highest BCUT2D eigenvalue weighted by atomic mass is 16.2. The van der Waals surface area contributed by atoms with E-state index in [4.69, 9.17) is 5.73 Å². The van der Waals surface area contributed by atoms with Crippen LogP contribution >= 0.6 is 0 Å². The fraction of sp³-hybridized carbons (Fsp3) is 0.500. The Morgan fingerprint density at radius 1 is 1.58 bits per heavy atom. The highest BCUT2D eigenvalue weighted by Gasteiger charge is 2.21. The smallest absolute Gasteiger partial charge is 0.254 e. The maximum Gasteiger partial charge on any atom is 0.254 e. The second-order valence-electron chi connectivity index (χ2n) is 2.86. The molecule has 0 aromatic heterocycles. The third kappa shape index (κ3) is 1.92. The van der Waals surface area contributed by atoms with E-state index in [0.717, 1.165) is 6.42 Å². The van der Waals surface area contributed by atoms with Crippen LogP contribution in [0.1, 0.15) is 19.8 Å². The topological polar surface area (TPSA) is 72.2 Å². The van der Waals surface area contributed by atoms with Gasteiger partial charge in [0.15, 0.2) is 0 Å². The predicted molar refractivity (Wildman–Crippen MR) is 44.1 cm³/mol. The van der Waals surface area contributed by atoms with Crippen LogP contribution in [-0.4, -0.2) is 17.9 Å². The van der Waals surface area contributed by atoms with Gasteiger partial charge in [0.05, 0.1) is 0 Å². The number of rotatable bonds is 3. The van der Waals surface area contributed by atoms with Gasteiger partial charge in [0.2, 0.25) is 0 Å². The largest absolute Gasteiger partial charge is 0.327 e. The van der Waals surface area contributed by atoms with Crippen molar-refractivity contribution in [1.29, 1.82) is 0 Å². The molecule has 2 amide bonds. The van der Waals surface area contributed by atoms with E-state index in [2.05, 4.69) is 5.32 Å². The molecule has 0 saturated heterocycles. The molecule has 0 bridgehead atoms. The van der Waals surface area contributed by atoms with Crippen molar-refractivity contribution < 1.29 is 9.59 Å². The van der Waals surface area contributed by atoms with Crippen molar-refractivity contribution in [3.05, 3.63) is 11.6 Å². The second kappa shape index (κ2) is 3.49. The average Bonchev–Trinajstić information content (AvgIpc) is 2.30. The number of hydrogen-bond acceptors (Lipinski definition) is 3. The van der Waals surface area contributed by atoms with Crippen LogP contribution in [0.4, 0.5) is 0 Å². The molecule has 12 heavy (non-hydrogen) atoms. The minimum absolute atomic E-state index is 0.0344. The summed E-state index contributed by atoms with van der Waals surface area (Å²) in [6.45, 7) is 1.94. The third-order valence-corrected chi connectivity index (χ3v) is 1.84. The summed E-state index contributed by atoms with van der Waals surface area (Å²) in [7, 11) is 0. The quantitative estimate of drug-likeness (QED) is 0.568. The minimum Gasteiger partial charge on any atom is -0.327 e. The molecule has 4 heteroatoms. The minimum atomic E-state index is -0.335. The zero-order chi connectivity index (χ0) is 9.14. The Labute approximate surface area is 70.8 Å². The number of imide groups is 1. The summed E-state index contributed by atoms with van der Waals surface area (Å²) >= 11 is 0. The molecule has 1 aliphatic heterocycles. The van der Waals surface area contributed by atoms with Crippen molar-refractivity contribution in [2.45, 2.75) is 25.8 Å². The second-order valence-corrected chi connectivity index (χ2v) is 2.86. The molecule has 4 nitrogen and oxygen atoms in total. The lowest BCUT2D eigenvalue weighted by atomic mass is 10.1. The van der Waals surface area contributed by atoms with E-state index in [-0.39, 0.29) is 17.9 Å². The van der Waals surface area contributed by atoms with Crippen molar-refractivity contribution in [1.82, 2.24) is 5.32 Å². The summed E-state index contributed by atoms with van der Waals surface area (Å²) in [4.78, 5) is 21.7. The first-order valence-corrected chi connectivity index (χ1v) is 3.95. The Bertz CT molecular complexity index is 245. The Morgan fingerprint density at radius 2 is 2.25 bits per heavy atom. The van der Waals surface area contributed by atoms with Crippen LogP contribution in [-0.2, 0) is 9.59 Å². The first-order valence-electron chi connectivity index (χ1n) is 3.95. The van der Waals surface area contributed by atoms with Crippen molar-refractivity contribution in [2.75, 3.05) is 0 Å². The van der Waals surface area contributed by atoms with Gasteiger partial charge in [-0.05, 0) is 12.8 Å². The van der Waals surface area contributed by atoms with Gasteiger partial charge in [-0.3, -0.25) is 14.9 Å². The van der Waals surface area contributed by atoms with Crippen molar-refractivity contribution in [3.8, 4) is 0 Å². The van der Waals surface area contributed by atoms with Crippen LogP contribution in [0.5, 0.6) is 0 Å². The molecule has 0 aromatic rings. The van der Waals surface area contributed by atoms with E-state index in [0.29, 0.717) is 12.0 Å². The zero-order valence-corrected chi connectivity index (χ0v) is 6.96. The molecule has 3 N–H and O–H groups in total. The highest BCUT2D eigenvalue weighted by Crippen LogP contribution is 2.10. The van der Waals surface area contributed by atoms with Gasteiger partial charge in [-0.1, -0.05) is 6.92 Å². The van der Waals surface area contributed by atoms with Crippen molar-refractivity contribution in [3.63, 3.8) is 0 Å². The number of nitrogens with two attached hydrogens (primary N) is 1. The van der Waals surface area contributed by atoms with Crippen LogP contribution in [0.25, 0.3) is 0 Å². The lowest BCUT2D eigenvalue weighted by molar-refractivity contribution is -0.123. The zero-order valence-electron chi connectivity index (χ0n) is 6.96. The first kappa shape index (κ1) is 8.93. The fourth-order valence-corrected chi connectivity index (χ4v) is 1.03. The van der Waals surface area contributed by atoms with E-state index < -0.39 is 0 Å². The van der Waals surface area contributed by atoms with Crippen LogP contribution in [0.15, 0.2) is 11.6 Å². The molecule has 0 radical (unpaired) electrons.